The second-order valence-corrected chi connectivity index (χ2v) is 7.15. The minimum Gasteiger partial charge on any atom is -0.393 e. The lowest BCUT2D eigenvalue weighted by Gasteiger charge is -2.26. The molecule has 3 N–H and O–H groups in total. The first-order valence-corrected chi connectivity index (χ1v) is 6.98. The van der Waals surface area contributed by atoms with Crippen molar-refractivity contribution in [3.05, 3.63) is 12.2 Å². The monoisotopic (exact) mass is 284 g/mol. The van der Waals surface area contributed by atoms with Gasteiger partial charge in [0.15, 0.2) is 5.78 Å². The highest BCUT2D eigenvalue weighted by atomic mass is 16.6. The minimum atomic E-state index is -1.61. The van der Waals surface area contributed by atoms with E-state index >= 15 is 0 Å². The smallest absolute Gasteiger partial charge is 0.186 e. The summed E-state index contributed by atoms with van der Waals surface area (Å²) in [6.07, 6.45) is 1.15. The van der Waals surface area contributed by atoms with Crippen LogP contribution in [0, 0.1) is 5.41 Å². The molecule has 0 saturated carbocycles. The number of carbonyl (C=O) groups excluding carboxylic acids is 1. The Hall–Kier alpha value is -0.750. The van der Waals surface area contributed by atoms with Gasteiger partial charge in [0.25, 0.3) is 0 Å². The number of ketones is 1. The molecule has 0 amide bonds. The number of carbonyl (C=O) groups is 1. The van der Waals surface area contributed by atoms with Crippen LogP contribution in [-0.4, -0.2) is 50.6 Å². The third kappa shape index (κ3) is 2.81. The molecule has 20 heavy (non-hydrogen) atoms. The fourth-order valence-corrected chi connectivity index (χ4v) is 2.88. The standard InChI is InChI=1S/C15H24O5/c1-13(2)6-5-10(17)14(3,19)7-9(16)8-15(4)12(20-15)11(13)18/h5-6,9,11-12,16,18-19H,7-8H2,1-4H3/b6-5+/t9-,11-,12-,14+,15-/m1/s1. The second-order valence-electron chi connectivity index (χ2n) is 7.15. The van der Waals surface area contributed by atoms with E-state index in [4.69, 9.17) is 4.74 Å². The van der Waals surface area contributed by atoms with Gasteiger partial charge in [-0.1, -0.05) is 19.9 Å². The Kier molecular flexibility index (Phi) is 3.62. The van der Waals surface area contributed by atoms with E-state index in [1.165, 1.54) is 13.0 Å². The Bertz CT molecular complexity index is 440. The summed E-state index contributed by atoms with van der Waals surface area (Å²) < 4.78 is 5.58. The summed E-state index contributed by atoms with van der Waals surface area (Å²) >= 11 is 0. The third-order valence-corrected chi connectivity index (χ3v) is 4.46. The predicted molar refractivity (Wildman–Crippen MR) is 73.1 cm³/mol. The van der Waals surface area contributed by atoms with E-state index in [9.17, 15) is 20.1 Å². The van der Waals surface area contributed by atoms with E-state index in [1.807, 2.05) is 20.8 Å². The van der Waals surface area contributed by atoms with Crippen LogP contribution in [0.5, 0.6) is 0 Å². The van der Waals surface area contributed by atoms with Crippen molar-refractivity contribution in [2.45, 2.75) is 70.1 Å². The van der Waals surface area contributed by atoms with Gasteiger partial charge >= 0.3 is 0 Å². The molecule has 1 aliphatic heterocycles. The highest BCUT2D eigenvalue weighted by Crippen LogP contribution is 2.47. The third-order valence-electron chi connectivity index (χ3n) is 4.46. The van der Waals surface area contributed by atoms with Crippen molar-refractivity contribution in [1.29, 1.82) is 0 Å². The van der Waals surface area contributed by atoms with Crippen molar-refractivity contribution >= 4 is 5.78 Å². The van der Waals surface area contributed by atoms with Crippen molar-refractivity contribution in [1.82, 2.24) is 0 Å². The molecule has 1 heterocycles. The Labute approximate surface area is 119 Å². The first-order chi connectivity index (χ1) is 8.98. The molecule has 0 aromatic heterocycles. The van der Waals surface area contributed by atoms with Gasteiger partial charge in [-0.15, -0.1) is 0 Å². The number of rotatable bonds is 0. The van der Waals surface area contributed by atoms with Gasteiger partial charge in [-0.2, -0.15) is 0 Å². The molecule has 0 bridgehead atoms. The molecule has 1 saturated heterocycles. The summed E-state index contributed by atoms with van der Waals surface area (Å²) in [6.45, 7) is 6.86. The van der Waals surface area contributed by atoms with E-state index in [0.29, 0.717) is 0 Å². The van der Waals surface area contributed by atoms with Gasteiger partial charge < -0.3 is 20.1 Å². The molecule has 1 fully saturated rings. The van der Waals surface area contributed by atoms with Crippen LogP contribution in [0.25, 0.3) is 0 Å². The molecule has 5 heteroatoms. The zero-order valence-corrected chi connectivity index (χ0v) is 12.5. The Morgan fingerprint density at radius 3 is 2.40 bits per heavy atom. The van der Waals surface area contributed by atoms with Crippen LogP contribution in [0.3, 0.4) is 0 Å². The van der Waals surface area contributed by atoms with Crippen LogP contribution >= 0.6 is 0 Å². The van der Waals surface area contributed by atoms with Crippen LogP contribution in [0.1, 0.15) is 40.5 Å². The fraction of sp³-hybridized carbons (Fsp3) is 0.800. The van der Waals surface area contributed by atoms with Gasteiger partial charge in [-0.25, -0.2) is 0 Å². The average molecular weight is 284 g/mol. The number of hydrogen-bond donors (Lipinski definition) is 3. The fourth-order valence-electron chi connectivity index (χ4n) is 2.88. The second kappa shape index (κ2) is 4.63. The van der Waals surface area contributed by atoms with Crippen molar-refractivity contribution < 1.29 is 24.9 Å². The molecule has 0 spiro atoms. The van der Waals surface area contributed by atoms with Gasteiger partial charge in [-0.3, -0.25) is 4.79 Å². The van der Waals surface area contributed by atoms with E-state index in [2.05, 4.69) is 0 Å². The summed E-state index contributed by atoms with van der Waals surface area (Å²) in [6, 6.07) is 0. The summed E-state index contributed by atoms with van der Waals surface area (Å²) in [7, 11) is 0. The molecule has 0 radical (unpaired) electrons. The Morgan fingerprint density at radius 1 is 1.20 bits per heavy atom. The van der Waals surface area contributed by atoms with Gasteiger partial charge in [0.05, 0.1) is 17.8 Å². The van der Waals surface area contributed by atoms with Gasteiger partial charge in [0, 0.05) is 18.3 Å². The van der Waals surface area contributed by atoms with Crippen LogP contribution in [0.4, 0.5) is 0 Å². The largest absolute Gasteiger partial charge is 0.393 e. The minimum absolute atomic E-state index is 0.0433. The summed E-state index contributed by atoms with van der Waals surface area (Å²) in [5.74, 6) is -0.460. The molecule has 2 rings (SSSR count). The number of ether oxygens (including phenoxy) is 1. The number of fused-ring (bicyclic) bond motifs is 1. The first kappa shape index (κ1) is 15.6. The molecule has 0 aromatic carbocycles. The molecule has 5 nitrogen and oxygen atoms in total. The number of hydrogen-bond acceptors (Lipinski definition) is 5. The molecule has 0 aromatic rings. The molecule has 5 atom stereocenters. The number of aliphatic hydroxyl groups is 3. The van der Waals surface area contributed by atoms with Crippen LogP contribution in [0.2, 0.25) is 0 Å². The highest BCUT2D eigenvalue weighted by molar-refractivity contribution is 5.96. The number of epoxide rings is 1. The molecule has 0 unspecified atom stereocenters. The molecule has 2 aliphatic rings. The molecule has 1 aliphatic carbocycles. The molecule has 114 valence electrons. The van der Waals surface area contributed by atoms with Gasteiger partial charge in [0.1, 0.15) is 11.7 Å². The quantitative estimate of drug-likeness (QED) is 0.566. The Morgan fingerprint density at radius 2 is 1.80 bits per heavy atom. The van der Waals surface area contributed by atoms with Crippen molar-refractivity contribution in [2.24, 2.45) is 5.41 Å². The van der Waals surface area contributed by atoms with Gasteiger partial charge in [0.2, 0.25) is 0 Å². The number of aliphatic hydroxyl groups excluding tert-OH is 2. The van der Waals surface area contributed by atoms with Crippen molar-refractivity contribution in [3.8, 4) is 0 Å². The normalized spacial score (nSPS) is 50.0. The Balaban J connectivity index is 2.33. The van der Waals surface area contributed by atoms with E-state index in [1.54, 1.807) is 6.08 Å². The lowest BCUT2D eigenvalue weighted by molar-refractivity contribution is -0.133. The molecular weight excluding hydrogens is 260 g/mol. The van der Waals surface area contributed by atoms with Crippen LogP contribution < -0.4 is 0 Å². The van der Waals surface area contributed by atoms with Crippen LogP contribution in [-0.2, 0) is 9.53 Å². The van der Waals surface area contributed by atoms with Crippen molar-refractivity contribution in [3.63, 3.8) is 0 Å². The van der Waals surface area contributed by atoms with Gasteiger partial charge in [-0.05, 0) is 19.9 Å². The maximum Gasteiger partial charge on any atom is 0.186 e. The van der Waals surface area contributed by atoms with E-state index in [-0.39, 0.29) is 18.9 Å². The van der Waals surface area contributed by atoms with E-state index in [0.717, 1.165) is 0 Å². The predicted octanol–water partition coefficient (Wildman–Crippen LogP) is 0.562. The van der Waals surface area contributed by atoms with E-state index < -0.39 is 34.6 Å². The average Bonchev–Trinajstić information content (AvgIpc) is 2.94. The van der Waals surface area contributed by atoms with Crippen LogP contribution in [0.15, 0.2) is 12.2 Å². The lowest BCUT2D eigenvalue weighted by atomic mass is 9.81. The maximum absolute atomic E-state index is 12.0. The highest BCUT2D eigenvalue weighted by Gasteiger charge is 2.59. The lowest BCUT2D eigenvalue weighted by Crippen LogP contribution is -2.39. The summed E-state index contributed by atoms with van der Waals surface area (Å²) in [4.78, 5) is 12.0. The molecular formula is C15H24O5. The maximum atomic E-state index is 12.0. The zero-order valence-electron chi connectivity index (χ0n) is 12.5. The SMILES string of the molecule is CC1(C)/C=C/C(=O)[C@@](C)(O)C[C@@H](O)C[C@@]2(C)O[C@@H]2[C@H]1O. The summed E-state index contributed by atoms with van der Waals surface area (Å²) in [5, 5.41) is 30.6. The van der Waals surface area contributed by atoms with Crippen molar-refractivity contribution in [2.75, 3.05) is 0 Å². The first-order valence-electron chi connectivity index (χ1n) is 6.98. The topological polar surface area (TPSA) is 90.3 Å². The zero-order chi connectivity index (χ0) is 15.3. The summed E-state index contributed by atoms with van der Waals surface area (Å²) in [5.41, 5.74) is -2.86.